The van der Waals surface area contributed by atoms with Gasteiger partial charge >= 0.3 is 6.18 Å². The van der Waals surface area contributed by atoms with E-state index < -0.39 is 54.9 Å². The van der Waals surface area contributed by atoms with Gasteiger partial charge < -0.3 is 5.32 Å². The highest BCUT2D eigenvalue weighted by Crippen LogP contribution is 2.38. The van der Waals surface area contributed by atoms with Gasteiger partial charge in [-0.1, -0.05) is 35.9 Å². The first kappa shape index (κ1) is 28.3. The average Bonchev–Trinajstić information content (AvgIpc) is 2.82. The summed E-state index contributed by atoms with van der Waals surface area (Å²) in [4.78, 5) is 12.7. The molecule has 0 unspecified atom stereocenters. The highest BCUT2D eigenvalue weighted by molar-refractivity contribution is 7.93. The summed E-state index contributed by atoms with van der Waals surface area (Å²) < 4.78 is 92.3. The predicted octanol–water partition coefficient (Wildman–Crippen LogP) is 4.59. The number of halogens is 4. The minimum absolute atomic E-state index is 0.141. The van der Waals surface area contributed by atoms with Crippen LogP contribution in [0.2, 0.25) is 5.02 Å². The van der Waals surface area contributed by atoms with Crippen LogP contribution in [-0.2, 0) is 31.0 Å². The van der Waals surface area contributed by atoms with Gasteiger partial charge in [0.05, 0.1) is 33.1 Å². The molecule has 0 atom stereocenters. The van der Waals surface area contributed by atoms with Crippen LogP contribution >= 0.6 is 11.6 Å². The third kappa shape index (κ3) is 6.73. The number of carbonyl (C=O) groups is 1. The standard InChI is InChI=1S/C23H21ClF3N3O5S2/c1-29(36(2,32)33)17-8-6-7-16(13-17)28-22(31)15-30(37(34,35)19-9-4-3-5-10-19)18-11-12-21(24)20(14-18)23(25,26)27/h3-14H,15H2,1-2H3,(H,28,31). The second-order valence-corrected chi connectivity index (χ2v) is 12.1. The predicted molar refractivity (Wildman–Crippen MR) is 136 cm³/mol. The first-order valence-electron chi connectivity index (χ1n) is 10.4. The number of rotatable bonds is 8. The Bertz CT molecular complexity index is 1520. The van der Waals surface area contributed by atoms with Crippen molar-refractivity contribution in [3.8, 4) is 0 Å². The maximum absolute atomic E-state index is 13.5. The van der Waals surface area contributed by atoms with Crippen molar-refractivity contribution in [3.05, 3.63) is 83.4 Å². The quantitative estimate of drug-likeness (QED) is 0.423. The number of hydrogen-bond acceptors (Lipinski definition) is 5. The van der Waals surface area contributed by atoms with E-state index in [1.807, 2.05) is 0 Å². The number of alkyl halides is 3. The number of sulfonamides is 2. The molecule has 0 bridgehead atoms. The molecule has 14 heteroatoms. The molecule has 0 heterocycles. The van der Waals surface area contributed by atoms with Crippen molar-refractivity contribution in [1.82, 2.24) is 0 Å². The van der Waals surface area contributed by atoms with Gasteiger partial charge in [-0.15, -0.1) is 0 Å². The fraction of sp³-hybridized carbons (Fsp3) is 0.174. The van der Waals surface area contributed by atoms with Crippen LogP contribution in [0.25, 0.3) is 0 Å². The number of carbonyl (C=O) groups excluding carboxylic acids is 1. The van der Waals surface area contributed by atoms with Crippen LogP contribution < -0.4 is 13.9 Å². The number of benzene rings is 3. The van der Waals surface area contributed by atoms with Crippen LogP contribution in [-0.4, -0.2) is 42.6 Å². The van der Waals surface area contributed by atoms with E-state index in [2.05, 4.69) is 5.32 Å². The van der Waals surface area contributed by atoms with Crippen LogP contribution in [0.5, 0.6) is 0 Å². The molecule has 0 radical (unpaired) electrons. The van der Waals surface area contributed by atoms with Crippen molar-refractivity contribution in [1.29, 1.82) is 0 Å². The zero-order valence-electron chi connectivity index (χ0n) is 19.4. The topological polar surface area (TPSA) is 104 Å². The van der Waals surface area contributed by atoms with E-state index in [9.17, 15) is 34.8 Å². The monoisotopic (exact) mass is 575 g/mol. The smallest absolute Gasteiger partial charge is 0.324 e. The number of nitrogens with zero attached hydrogens (tertiary/aromatic N) is 2. The first-order chi connectivity index (χ1) is 17.1. The molecule has 0 spiro atoms. The van der Waals surface area contributed by atoms with Gasteiger partial charge in [-0.05, 0) is 48.5 Å². The Hall–Kier alpha value is -3.29. The lowest BCUT2D eigenvalue weighted by molar-refractivity contribution is -0.137. The molecular weight excluding hydrogens is 555 g/mol. The largest absolute Gasteiger partial charge is 0.417 e. The molecule has 0 saturated heterocycles. The third-order valence-electron chi connectivity index (χ3n) is 5.15. The summed E-state index contributed by atoms with van der Waals surface area (Å²) in [6.45, 7) is -0.887. The van der Waals surface area contributed by atoms with Crippen LogP contribution in [0, 0.1) is 0 Å². The lowest BCUT2D eigenvalue weighted by Gasteiger charge is -2.25. The van der Waals surface area contributed by atoms with Crippen LogP contribution in [0.4, 0.5) is 30.2 Å². The van der Waals surface area contributed by atoms with Gasteiger partial charge in [0.15, 0.2) is 0 Å². The maximum atomic E-state index is 13.5. The Balaban J connectivity index is 2.00. The van der Waals surface area contributed by atoms with Gasteiger partial charge in [0.1, 0.15) is 6.54 Å². The molecule has 1 amide bonds. The first-order valence-corrected chi connectivity index (χ1v) is 14.1. The minimum Gasteiger partial charge on any atom is -0.324 e. The second-order valence-electron chi connectivity index (χ2n) is 7.82. The number of nitrogens with one attached hydrogen (secondary N) is 1. The zero-order valence-corrected chi connectivity index (χ0v) is 21.8. The normalized spacial score (nSPS) is 12.2. The summed E-state index contributed by atoms with van der Waals surface area (Å²) in [5, 5.41) is 1.82. The lowest BCUT2D eigenvalue weighted by atomic mass is 10.2. The molecule has 198 valence electrons. The zero-order chi connectivity index (χ0) is 27.6. The fourth-order valence-corrected chi connectivity index (χ4v) is 5.38. The van der Waals surface area contributed by atoms with Crippen molar-refractivity contribution >= 4 is 54.6 Å². The van der Waals surface area contributed by atoms with E-state index in [-0.39, 0.29) is 16.3 Å². The van der Waals surface area contributed by atoms with E-state index in [4.69, 9.17) is 11.6 Å². The molecule has 0 fully saturated rings. The summed E-state index contributed by atoms with van der Waals surface area (Å²) in [5.74, 6) is -0.887. The molecule has 3 rings (SSSR count). The lowest BCUT2D eigenvalue weighted by Crippen LogP contribution is -2.38. The molecule has 0 aromatic heterocycles. The summed E-state index contributed by atoms with van der Waals surface area (Å²) in [6, 6.07) is 15.2. The Morgan fingerprint density at radius 2 is 1.57 bits per heavy atom. The van der Waals surface area contributed by atoms with Crippen LogP contribution in [0.15, 0.2) is 77.7 Å². The van der Waals surface area contributed by atoms with E-state index >= 15 is 0 Å². The molecule has 1 N–H and O–H groups in total. The van der Waals surface area contributed by atoms with E-state index in [1.54, 1.807) is 6.07 Å². The molecule has 0 saturated carbocycles. The van der Waals surface area contributed by atoms with Gasteiger partial charge in [-0.25, -0.2) is 16.8 Å². The van der Waals surface area contributed by atoms with Gasteiger partial charge in [0, 0.05) is 12.7 Å². The Morgan fingerprint density at radius 3 is 2.16 bits per heavy atom. The molecule has 3 aromatic rings. The van der Waals surface area contributed by atoms with Gasteiger partial charge in [-0.3, -0.25) is 13.4 Å². The Labute approximate surface area is 217 Å². The van der Waals surface area contributed by atoms with Crippen molar-refractivity contribution in [2.24, 2.45) is 0 Å². The summed E-state index contributed by atoms with van der Waals surface area (Å²) in [7, 11) is -6.77. The molecule has 3 aromatic carbocycles. The molecule has 0 aliphatic rings. The van der Waals surface area contributed by atoms with Gasteiger partial charge in [0.25, 0.3) is 10.0 Å². The molecular formula is C23H21ClF3N3O5S2. The maximum Gasteiger partial charge on any atom is 0.417 e. The highest BCUT2D eigenvalue weighted by atomic mass is 35.5. The van der Waals surface area contributed by atoms with Crippen LogP contribution in [0.3, 0.4) is 0 Å². The number of amides is 1. The number of anilines is 3. The summed E-state index contributed by atoms with van der Waals surface area (Å²) in [5.41, 5.74) is -1.33. The summed E-state index contributed by atoms with van der Waals surface area (Å²) >= 11 is 5.69. The Morgan fingerprint density at radius 1 is 0.919 bits per heavy atom. The molecule has 37 heavy (non-hydrogen) atoms. The molecule has 0 aliphatic heterocycles. The molecule has 0 aliphatic carbocycles. The highest BCUT2D eigenvalue weighted by Gasteiger charge is 2.35. The van der Waals surface area contributed by atoms with E-state index in [0.29, 0.717) is 10.4 Å². The Kier molecular flexibility index (Phi) is 8.10. The average molecular weight is 576 g/mol. The fourth-order valence-electron chi connectivity index (χ4n) is 3.22. The second kappa shape index (κ2) is 10.6. The van der Waals surface area contributed by atoms with Crippen molar-refractivity contribution in [2.75, 3.05) is 33.8 Å². The van der Waals surface area contributed by atoms with Crippen molar-refractivity contribution in [2.45, 2.75) is 11.1 Å². The van der Waals surface area contributed by atoms with E-state index in [1.165, 1.54) is 55.6 Å². The van der Waals surface area contributed by atoms with Gasteiger partial charge in [0.2, 0.25) is 15.9 Å². The van der Waals surface area contributed by atoms with Crippen molar-refractivity contribution < 1.29 is 34.8 Å². The van der Waals surface area contributed by atoms with Gasteiger partial charge in [-0.2, -0.15) is 13.2 Å². The number of hydrogen-bond donors (Lipinski definition) is 1. The minimum atomic E-state index is -4.87. The SMILES string of the molecule is CN(c1cccc(NC(=O)CN(c2ccc(Cl)c(C(F)(F)F)c2)S(=O)(=O)c2ccccc2)c1)S(C)(=O)=O. The van der Waals surface area contributed by atoms with E-state index in [0.717, 1.165) is 22.7 Å². The van der Waals surface area contributed by atoms with Crippen LogP contribution in [0.1, 0.15) is 5.56 Å². The summed E-state index contributed by atoms with van der Waals surface area (Å²) in [6.07, 6.45) is -3.88. The molecule has 8 nitrogen and oxygen atoms in total. The van der Waals surface area contributed by atoms with Crippen molar-refractivity contribution in [3.63, 3.8) is 0 Å². The third-order valence-corrected chi connectivity index (χ3v) is 8.48.